The number of ether oxygens (including phenoxy) is 3. The fourth-order valence-electron chi connectivity index (χ4n) is 1.23. The summed E-state index contributed by atoms with van der Waals surface area (Å²) in [6.07, 6.45) is 0.250. The van der Waals surface area contributed by atoms with Crippen molar-refractivity contribution < 1.29 is 23.8 Å². The van der Waals surface area contributed by atoms with Gasteiger partial charge in [0.2, 0.25) is 0 Å². The molecule has 6 heteroatoms. The molecule has 0 spiro atoms. The number of nitrogens with zero attached hydrogens (tertiary/aromatic N) is 1. The molecule has 0 atom stereocenters. The van der Waals surface area contributed by atoms with E-state index in [1.807, 2.05) is 0 Å². The average Bonchev–Trinajstić information content (AvgIpc) is 2.32. The summed E-state index contributed by atoms with van der Waals surface area (Å²) >= 11 is 0. The summed E-state index contributed by atoms with van der Waals surface area (Å²) in [6, 6.07) is 0. The van der Waals surface area contributed by atoms with Gasteiger partial charge in [0.15, 0.2) is 0 Å². The van der Waals surface area contributed by atoms with Crippen LogP contribution in [0.4, 0.5) is 0 Å². The second-order valence-corrected chi connectivity index (χ2v) is 3.40. The predicted molar refractivity (Wildman–Crippen MR) is 61.6 cm³/mol. The van der Waals surface area contributed by atoms with Crippen LogP contribution in [-0.2, 0) is 23.8 Å². The van der Waals surface area contributed by atoms with Crippen molar-refractivity contribution in [3.63, 3.8) is 0 Å². The number of rotatable bonds is 9. The normalized spacial score (nSPS) is 10.4. The molecule has 0 radical (unpaired) electrons. The fraction of sp³-hybridized carbons (Fsp3) is 0.818. The van der Waals surface area contributed by atoms with Crippen molar-refractivity contribution in [1.82, 2.24) is 4.90 Å². The van der Waals surface area contributed by atoms with E-state index in [0.717, 1.165) is 0 Å². The smallest absolute Gasteiger partial charge is 0.320 e. The van der Waals surface area contributed by atoms with Crippen LogP contribution in [0.3, 0.4) is 0 Å². The van der Waals surface area contributed by atoms with Gasteiger partial charge in [-0.3, -0.25) is 14.5 Å². The molecule has 6 nitrogen and oxygen atoms in total. The van der Waals surface area contributed by atoms with Gasteiger partial charge in [-0.15, -0.1) is 0 Å². The summed E-state index contributed by atoms with van der Waals surface area (Å²) in [6.45, 7) is 3.80. The number of hydrogen-bond acceptors (Lipinski definition) is 6. The highest BCUT2D eigenvalue weighted by Crippen LogP contribution is 1.95. The largest absolute Gasteiger partial charge is 0.469 e. The highest BCUT2D eigenvalue weighted by atomic mass is 16.5. The Morgan fingerprint density at radius 2 is 1.82 bits per heavy atom. The van der Waals surface area contributed by atoms with Crippen LogP contribution < -0.4 is 0 Å². The molecule has 0 aliphatic carbocycles. The third-order valence-corrected chi connectivity index (χ3v) is 2.13. The zero-order chi connectivity index (χ0) is 13.1. The molecular formula is C11H21NO5. The topological polar surface area (TPSA) is 65.1 Å². The van der Waals surface area contributed by atoms with Gasteiger partial charge in [0, 0.05) is 20.2 Å². The zero-order valence-electron chi connectivity index (χ0n) is 10.7. The lowest BCUT2D eigenvalue weighted by atomic mass is 10.3. The van der Waals surface area contributed by atoms with Gasteiger partial charge in [0.25, 0.3) is 0 Å². The summed E-state index contributed by atoms with van der Waals surface area (Å²) in [4.78, 5) is 24.1. The molecule has 0 amide bonds. The molecule has 0 N–H and O–H groups in total. The highest BCUT2D eigenvalue weighted by molar-refractivity contribution is 5.72. The zero-order valence-corrected chi connectivity index (χ0v) is 10.7. The van der Waals surface area contributed by atoms with Gasteiger partial charge in [-0.25, -0.2) is 0 Å². The first-order chi connectivity index (χ1) is 8.13. The Kier molecular flexibility index (Phi) is 9.37. The summed E-state index contributed by atoms with van der Waals surface area (Å²) in [5, 5.41) is 0. The number of esters is 2. The van der Waals surface area contributed by atoms with Gasteiger partial charge in [0.1, 0.15) is 0 Å². The molecule has 0 aromatic carbocycles. The second kappa shape index (κ2) is 10.0. The van der Waals surface area contributed by atoms with E-state index in [9.17, 15) is 9.59 Å². The quantitative estimate of drug-likeness (QED) is 0.537. The Balaban J connectivity index is 4.03. The molecule has 0 saturated heterocycles. The minimum atomic E-state index is -0.298. The summed E-state index contributed by atoms with van der Waals surface area (Å²) in [5.74, 6) is -0.593. The lowest BCUT2D eigenvalue weighted by Gasteiger charge is -2.20. The molecule has 0 aromatic rings. The summed E-state index contributed by atoms with van der Waals surface area (Å²) < 4.78 is 14.3. The lowest BCUT2D eigenvalue weighted by Crippen LogP contribution is -2.35. The van der Waals surface area contributed by atoms with Crippen LogP contribution in [-0.4, -0.2) is 63.9 Å². The first kappa shape index (κ1) is 15.9. The van der Waals surface area contributed by atoms with Gasteiger partial charge in [-0.05, 0) is 6.92 Å². The molecule has 0 fully saturated rings. The van der Waals surface area contributed by atoms with Crippen molar-refractivity contribution in [1.29, 1.82) is 0 Å². The maximum Gasteiger partial charge on any atom is 0.320 e. The maximum absolute atomic E-state index is 11.3. The van der Waals surface area contributed by atoms with Gasteiger partial charge >= 0.3 is 11.9 Å². The predicted octanol–water partition coefficient (Wildman–Crippen LogP) is 0.0610. The number of hydrogen-bond donors (Lipinski definition) is 0. The summed E-state index contributed by atoms with van der Waals surface area (Å²) in [5.41, 5.74) is 0. The molecular weight excluding hydrogens is 226 g/mol. The minimum absolute atomic E-state index is 0.161. The molecule has 0 saturated carbocycles. The van der Waals surface area contributed by atoms with Crippen molar-refractivity contribution in [3.05, 3.63) is 0 Å². The number of carbonyl (C=O) groups excluding carboxylic acids is 2. The van der Waals surface area contributed by atoms with Crippen LogP contribution in [0.15, 0.2) is 0 Å². The van der Waals surface area contributed by atoms with E-state index in [0.29, 0.717) is 26.3 Å². The third-order valence-electron chi connectivity index (χ3n) is 2.13. The van der Waals surface area contributed by atoms with Crippen LogP contribution in [0.2, 0.25) is 0 Å². The van der Waals surface area contributed by atoms with Crippen LogP contribution in [0.5, 0.6) is 0 Å². The molecule has 0 aliphatic rings. The van der Waals surface area contributed by atoms with Crippen LogP contribution in [0, 0.1) is 0 Å². The fourth-order valence-corrected chi connectivity index (χ4v) is 1.23. The third kappa shape index (κ3) is 8.65. The summed E-state index contributed by atoms with van der Waals surface area (Å²) in [7, 11) is 2.93. The van der Waals surface area contributed by atoms with Crippen LogP contribution in [0.25, 0.3) is 0 Å². The SMILES string of the molecule is CCOC(=O)CN(CCOC)CCC(=O)OC. The van der Waals surface area contributed by atoms with Crippen molar-refractivity contribution in [2.45, 2.75) is 13.3 Å². The molecule has 0 unspecified atom stereocenters. The first-order valence-electron chi connectivity index (χ1n) is 5.57. The highest BCUT2D eigenvalue weighted by Gasteiger charge is 2.13. The van der Waals surface area contributed by atoms with Crippen molar-refractivity contribution in [2.24, 2.45) is 0 Å². The van der Waals surface area contributed by atoms with Gasteiger partial charge in [-0.2, -0.15) is 0 Å². The standard InChI is InChI=1S/C11H21NO5/c1-4-17-11(14)9-12(7-8-15-2)6-5-10(13)16-3/h4-9H2,1-3H3. The first-order valence-corrected chi connectivity index (χ1v) is 5.57. The molecule has 100 valence electrons. The molecule has 17 heavy (non-hydrogen) atoms. The van der Waals surface area contributed by atoms with E-state index in [4.69, 9.17) is 9.47 Å². The van der Waals surface area contributed by atoms with Gasteiger partial charge in [0.05, 0.1) is 33.3 Å². The molecule has 0 heterocycles. The monoisotopic (exact) mass is 247 g/mol. The molecule has 0 rings (SSSR count). The van der Waals surface area contributed by atoms with Crippen molar-refractivity contribution >= 4 is 11.9 Å². The Labute approximate surface area is 102 Å². The van der Waals surface area contributed by atoms with Crippen molar-refractivity contribution in [2.75, 3.05) is 47.1 Å². The van der Waals surface area contributed by atoms with Gasteiger partial charge in [-0.1, -0.05) is 0 Å². The average molecular weight is 247 g/mol. The van der Waals surface area contributed by atoms with E-state index in [2.05, 4.69) is 4.74 Å². The molecule has 0 aromatic heterocycles. The lowest BCUT2D eigenvalue weighted by molar-refractivity contribution is -0.146. The maximum atomic E-state index is 11.3. The Morgan fingerprint density at radius 1 is 1.12 bits per heavy atom. The van der Waals surface area contributed by atoms with E-state index < -0.39 is 0 Å². The van der Waals surface area contributed by atoms with Crippen LogP contribution >= 0.6 is 0 Å². The van der Waals surface area contributed by atoms with E-state index in [-0.39, 0.29) is 24.9 Å². The molecule has 0 bridgehead atoms. The number of carbonyl (C=O) groups is 2. The second-order valence-electron chi connectivity index (χ2n) is 3.40. The molecule has 0 aliphatic heterocycles. The van der Waals surface area contributed by atoms with Gasteiger partial charge < -0.3 is 14.2 Å². The van der Waals surface area contributed by atoms with E-state index in [1.165, 1.54) is 7.11 Å². The Morgan fingerprint density at radius 3 is 2.35 bits per heavy atom. The minimum Gasteiger partial charge on any atom is -0.469 e. The van der Waals surface area contributed by atoms with E-state index >= 15 is 0 Å². The van der Waals surface area contributed by atoms with Crippen molar-refractivity contribution in [3.8, 4) is 0 Å². The van der Waals surface area contributed by atoms with E-state index in [1.54, 1.807) is 18.9 Å². The Bertz CT molecular complexity index is 232. The number of methoxy groups -OCH3 is 2. The Hall–Kier alpha value is -1.14. The van der Waals surface area contributed by atoms with Crippen LogP contribution in [0.1, 0.15) is 13.3 Å².